The zero-order chi connectivity index (χ0) is 14.3. The number of aliphatic carboxylic acids is 1. The highest BCUT2D eigenvalue weighted by atomic mass is 16.5. The van der Waals surface area contributed by atoms with E-state index < -0.39 is 12.0 Å². The van der Waals surface area contributed by atoms with Gasteiger partial charge in [0.15, 0.2) is 0 Å². The number of nitrogens with one attached hydrogen (secondary N) is 1. The highest BCUT2D eigenvalue weighted by Gasteiger charge is 2.25. The summed E-state index contributed by atoms with van der Waals surface area (Å²) < 4.78 is 5.17. The number of carbonyl (C=O) groups is 2. The van der Waals surface area contributed by atoms with Gasteiger partial charge in [0.1, 0.15) is 12.6 Å². The fraction of sp³-hybridized carbons (Fsp3) is 0.857. The molecule has 0 bridgehead atoms. The van der Waals surface area contributed by atoms with Crippen molar-refractivity contribution < 1.29 is 19.4 Å². The first-order valence-electron chi connectivity index (χ1n) is 7.12. The molecule has 19 heavy (non-hydrogen) atoms. The van der Waals surface area contributed by atoms with Gasteiger partial charge >= 0.3 is 5.97 Å². The van der Waals surface area contributed by atoms with Crippen molar-refractivity contribution in [1.29, 1.82) is 0 Å². The first-order valence-corrected chi connectivity index (χ1v) is 7.12. The van der Waals surface area contributed by atoms with Crippen LogP contribution in [0.15, 0.2) is 0 Å². The Kier molecular flexibility index (Phi) is 6.84. The lowest BCUT2D eigenvalue weighted by atomic mass is 9.85. The van der Waals surface area contributed by atoms with Crippen molar-refractivity contribution in [3.8, 4) is 0 Å². The molecular weight excluding hydrogens is 246 g/mol. The third-order valence-corrected chi connectivity index (χ3v) is 3.47. The number of rotatable bonds is 7. The molecular formula is C14H25NO4. The Morgan fingerprint density at radius 3 is 2.42 bits per heavy atom. The zero-order valence-corrected chi connectivity index (χ0v) is 11.9. The Morgan fingerprint density at radius 1 is 1.26 bits per heavy atom. The van der Waals surface area contributed by atoms with E-state index >= 15 is 0 Å². The topological polar surface area (TPSA) is 75.6 Å². The van der Waals surface area contributed by atoms with E-state index in [1.54, 1.807) is 0 Å². The molecule has 1 saturated carbocycles. The van der Waals surface area contributed by atoms with E-state index in [1.165, 1.54) is 19.3 Å². The van der Waals surface area contributed by atoms with Crippen LogP contribution in [0.2, 0.25) is 0 Å². The lowest BCUT2D eigenvalue weighted by Crippen LogP contribution is -2.44. The highest BCUT2D eigenvalue weighted by Crippen LogP contribution is 2.27. The number of hydrogen-bond donors (Lipinski definition) is 2. The second-order valence-electron chi connectivity index (χ2n) is 5.56. The highest BCUT2D eigenvalue weighted by molar-refractivity contribution is 5.84. The lowest BCUT2D eigenvalue weighted by Gasteiger charge is -2.25. The minimum absolute atomic E-state index is 0.0348. The normalized spacial score (nSPS) is 18.3. The van der Waals surface area contributed by atoms with E-state index in [0.29, 0.717) is 12.3 Å². The molecule has 1 aliphatic rings. The van der Waals surface area contributed by atoms with Gasteiger partial charge in [-0.1, -0.05) is 32.1 Å². The molecule has 0 aromatic heterocycles. The van der Waals surface area contributed by atoms with Crippen LogP contribution in [0.1, 0.15) is 52.4 Å². The van der Waals surface area contributed by atoms with E-state index in [4.69, 9.17) is 4.74 Å². The minimum Gasteiger partial charge on any atom is -0.480 e. The van der Waals surface area contributed by atoms with Crippen LogP contribution in [0.3, 0.4) is 0 Å². The molecule has 1 rings (SSSR count). The van der Waals surface area contributed by atoms with Crippen LogP contribution < -0.4 is 5.32 Å². The van der Waals surface area contributed by atoms with Crippen LogP contribution in [0, 0.1) is 5.92 Å². The van der Waals surface area contributed by atoms with E-state index in [9.17, 15) is 14.7 Å². The summed E-state index contributed by atoms with van der Waals surface area (Å²) in [5, 5.41) is 11.7. The third kappa shape index (κ3) is 6.57. The predicted molar refractivity (Wildman–Crippen MR) is 71.8 cm³/mol. The van der Waals surface area contributed by atoms with Crippen molar-refractivity contribution in [1.82, 2.24) is 5.32 Å². The number of carboxylic acids is 1. The quantitative estimate of drug-likeness (QED) is 0.742. The maximum absolute atomic E-state index is 11.6. The molecule has 0 saturated heterocycles. The van der Waals surface area contributed by atoms with Crippen molar-refractivity contribution in [2.75, 3.05) is 6.61 Å². The molecule has 5 heteroatoms. The van der Waals surface area contributed by atoms with Gasteiger partial charge in [-0.25, -0.2) is 4.79 Å². The molecule has 2 N–H and O–H groups in total. The molecule has 0 unspecified atom stereocenters. The lowest BCUT2D eigenvalue weighted by molar-refractivity contribution is -0.143. The summed E-state index contributed by atoms with van der Waals surface area (Å²) in [6.07, 6.45) is 6.21. The summed E-state index contributed by atoms with van der Waals surface area (Å²) in [5.41, 5.74) is 0. The summed E-state index contributed by atoms with van der Waals surface area (Å²) in [6.45, 7) is 3.60. The SMILES string of the molecule is CC(C)OCC(=O)N[C@H](CC1CCCCC1)C(=O)O. The van der Waals surface area contributed by atoms with Crippen molar-refractivity contribution in [3.63, 3.8) is 0 Å². The first-order chi connectivity index (χ1) is 8.99. The summed E-state index contributed by atoms with van der Waals surface area (Å²) in [4.78, 5) is 22.8. The summed E-state index contributed by atoms with van der Waals surface area (Å²) in [7, 11) is 0. The van der Waals surface area contributed by atoms with Gasteiger partial charge in [0.2, 0.25) is 5.91 Å². The summed E-state index contributed by atoms with van der Waals surface area (Å²) in [6, 6.07) is -0.786. The summed E-state index contributed by atoms with van der Waals surface area (Å²) >= 11 is 0. The number of carboxylic acid groups (broad SMARTS) is 1. The number of ether oxygens (including phenoxy) is 1. The molecule has 0 heterocycles. The van der Waals surface area contributed by atoms with Crippen molar-refractivity contribution >= 4 is 11.9 Å². The van der Waals surface area contributed by atoms with Crippen molar-refractivity contribution in [2.45, 2.75) is 64.5 Å². The van der Waals surface area contributed by atoms with Gasteiger partial charge in [0, 0.05) is 0 Å². The zero-order valence-electron chi connectivity index (χ0n) is 11.9. The molecule has 0 aromatic carbocycles. The van der Waals surface area contributed by atoms with Crippen LogP contribution in [0.5, 0.6) is 0 Å². The van der Waals surface area contributed by atoms with Crippen molar-refractivity contribution in [2.24, 2.45) is 5.92 Å². The molecule has 0 radical (unpaired) electrons. The number of amides is 1. The van der Waals surface area contributed by atoms with Gasteiger partial charge in [-0.05, 0) is 26.2 Å². The Labute approximate surface area is 114 Å². The van der Waals surface area contributed by atoms with Gasteiger partial charge in [-0.2, -0.15) is 0 Å². The average molecular weight is 271 g/mol. The van der Waals surface area contributed by atoms with Crippen LogP contribution in [0.4, 0.5) is 0 Å². The largest absolute Gasteiger partial charge is 0.480 e. The van der Waals surface area contributed by atoms with Gasteiger partial charge in [0.25, 0.3) is 0 Å². The Balaban J connectivity index is 2.38. The van der Waals surface area contributed by atoms with E-state index in [2.05, 4.69) is 5.32 Å². The van der Waals surface area contributed by atoms with Gasteiger partial charge < -0.3 is 15.2 Å². The second-order valence-corrected chi connectivity index (χ2v) is 5.56. The number of hydrogen-bond acceptors (Lipinski definition) is 3. The molecule has 1 aliphatic carbocycles. The molecule has 1 amide bonds. The molecule has 0 aliphatic heterocycles. The molecule has 1 atom stereocenters. The van der Waals surface area contributed by atoms with E-state index in [0.717, 1.165) is 12.8 Å². The van der Waals surface area contributed by atoms with E-state index in [1.807, 2.05) is 13.8 Å². The summed E-state index contributed by atoms with van der Waals surface area (Å²) in [5.74, 6) is -0.887. The van der Waals surface area contributed by atoms with Crippen LogP contribution in [-0.2, 0) is 14.3 Å². The van der Waals surface area contributed by atoms with Gasteiger partial charge in [-0.15, -0.1) is 0 Å². The smallest absolute Gasteiger partial charge is 0.326 e. The third-order valence-electron chi connectivity index (χ3n) is 3.47. The Morgan fingerprint density at radius 2 is 1.89 bits per heavy atom. The Bertz CT molecular complexity index is 298. The molecule has 0 spiro atoms. The van der Waals surface area contributed by atoms with Gasteiger partial charge in [-0.3, -0.25) is 4.79 Å². The second kappa shape index (κ2) is 8.15. The maximum Gasteiger partial charge on any atom is 0.326 e. The van der Waals surface area contributed by atoms with Gasteiger partial charge in [0.05, 0.1) is 6.10 Å². The monoisotopic (exact) mass is 271 g/mol. The fourth-order valence-electron chi connectivity index (χ4n) is 2.46. The molecule has 5 nitrogen and oxygen atoms in total. The Hall–Kier alpha value is -1.10. The first kappa shape index (κ1) is 16.0. The molecule has 110 valence electrons. The van der Waals surface area contributed by atoms with Crippen LogP contribution >= 0.6 is 0 Å². The number of carbonyl (C=O) groups excluding carboxylic acids is 1. The molecule has 1 fully saturated rings. The van der Waals surface area contributed by atoms with Crippen LogP contribution in [0.25, 0.3) is 0 Å². The standard InChI is InChI=1S/C14H25NO4/c1-10(2)19-9-13(16)15-12(14(17)18)8-11-6-4-3-5-7-11/h10-12H,3-9H2,1-2H3,(H,15,16)(H,17,18)/t12-/m1/s1. The van der Waals surface area contributed by atoms with E-state index in [-0.39, 0.29) is 18.6 Å². The fourth-order valence-corrected chi connectivity index (χ4v) is 2.46. The van der Waals surface area contributed by atoms with Crippen LogP contribution in [-0.4, -0.2) is 35.7 Å². The average Bonchev–Trinajstić information content (AvgIpc) is 2.36. The van der Waals surface area contributed by atoms with Crippen molar-refractivity contribution in [3.05, 3.63) is 0 Å². The predicted octanol–water partition coefficient (Wildman–Crippen LogP) is 1.95. The minimum atomic E-state index is -0.955. The maximum atomic E-state index is 11.6. The molecule has 0 aromatic rings.